The minimum Gasteiger partial charge on any atom is -0.497 e. The Morgan fingerprint density at radius 1 is 0.903 bits per heavy atom. The Morgan fingerprint density at radius 3 is 2.06 bits per heavy atom. The topological polar surface area (TPSA) is 81.6 Å². The highest BCUT2D eigenvalue weighted by Crippen LogP contribution is 2.15. The van der Waals surface area contributed by atoms with Crippen LogP contribution in [0.5, 0.6) is 11.5 Å². The number of rotatable bonds is 8. The highest BCUT2D eigenvalue weighted by molar-refractivity contribution is 6.00. The highest BCUT2D eigenvalue weighted by Gasteiger charge is 2.15. The molecular weight excluding hydrogens is 394 g/mol. The Labute approximate surface area is 182 Å². The zero-order chi connectivity index (χ0) is 22.4. The van der Waals surface area contributed by atoms with Crippen LogP contribution in [0, 0.1) is 13.8 Å². The molecule has 7 nitrogen and oxygen atoms in total. The molecule has 2 aromatic carbocycles. The van der Waals surface area contributed by atoms with Crippen molar-refractivity contribution in [2.45, 2.75) is 33.4 Å². The molecule has 3 rings (SSSR count). The monoisotopic (exact) mass is 421 g/mol. The van der Waals surface area contributed by atoms with Crippen molar-refractivity contribution in [2.75, 3.05) is 12.5 Å². The van der Waals surface area contributed by atoms with E-state index in [-0.39, 0.29) is 11.8 Å². The van der Waals surface area contributed by atoms with E-state index in [1.165, 1.54) is 0 Å². The van der Waals surface area contributed by atoms with E-state index < -0.39 is 6.10 Å². The van der Waals surface area contributed by atoms with Crippen molar-refractivity contribution in [3.8, 4) is 11.5 Å². The van der Waals surface area contributed by atoms with Crippen molar-refractivity contribution in [1.82, 2.24) is 9.99 Å². The summed E-state index contributed by atoms with van der Waals surface area (Å²) in [5.74, 6) is 0.829. The van der Waals surface area contributed by atoms with E-state index in [1.807, 2.05) is 50.2 Å². The van der Waals surface area contributed by atoms with Gasteiger partial charge in [0.15, 0.2) is 6.10 Å². The molecule has 31 heavy (non-hydrogen) atoms. The predicted molar refractivity (Wildman–Crippen MR) is 119 cm³/mol. The average Bonchev–Trinajstić information content (AvgIpc) is 3.10. The molecule has 0 saturated carbocycles. The Bertz CT molecular complexity index is 1020. The van der Waals surface area contributed by atoms with Gasteiger partial charge in [-0.2, -0.15) is 0 Å². The van der Waals surface area contributed by atoms with E-state index >= 15 is 0 Å². The second-order valence-corrected chi connectivity index (χ2v) is 7.24. The number of ether oxygens (including phenoxy) is 2. The number of aryl methyl sites for hydroxylation is 2. The Morgan fingerprint density at radius 2 is 1.48 bits per heavy atom. The lowest BCUT2D eigenvalue weighted by Crippen LogP contribution is -2.35. The molecule has 7 heteroatoms. The molecular formula is C24H27N3O4. The maximum absolute atomic E-state index is 12.5. The minimum atomic E-state index is -0.678. The Hall–Kier alpha value is -3.74. The molecule has 0 bridgehead atoms. The van der Waals surface area contributed by atoms with Crippen molar-refractivity contribution < 1.29 is 19.1 Å². The quantitative estimate of drug-likeness (QED) is 0.583. The summed E-state index contributed by atoms with van der Waals surface area (Å²) in [6.07, 6.45) is -0.678. The molecule has 0 fully saturated rings. The smallest absolute Gasteiger partial charge is 0.270 e. The largest absolute Gasteiger partial charge is 0.497 e. The molecule has 2 amide bonds. The fraction of sp³-hybridized carbons (Fsp3) is 0.250. The number of carbonyl (C=O) groups is 2. The number of nitrogens with zero attached hydrogens (tertiary/aromatic N) is 1. The summed E-state index contributed by atoms with van der Waals surface area (Å²) in [4.78, 5) is 24.8. The van der Waals surface area contributed by atoms with Crippen LogP contribution in [0.1, 0.15) is 34.2 Å². The van der Waals surface area contributed by atoms with Crippen LogP contribution in [0.3, 0.4) is 0 Å². The van der Waals surface area contributed by atoms with Gasteiger partial charge in [0.1, 0.15) is 11.5 Å². The number of hydrogen-bond donors (Lipinski definition) is 2. The highest BCUT2D eigenvalue weighted by atomic mass is 16.5. The number of amides is 2. The van der Waals surface area contributed by atoms with Gasteiger partial charge in [0, 0.05) is 23.5 Å². The molecule has 0 radical (unpaired) electrons. The van der Waals surface area contributed by atoms with E-state index in [1.54, 1.807) is 43.0 Å². The maximum Gasteiger partial charge on any atom is 0.270 e. The summed E-state index contributed by atoms with van der Waals surface area (Å²) >= 11 is 0. The third-order valence-electron chi connectivity index (χ3n) is 4.91. The third-order valence-corrected chi connectivity index (χ3v) is 4.91. The van der Waals surface area contributed by atoms with Crippen LogP contribution >= 0.6 is 0 Å². The number of carbonyl (C=O) groups excluding carboxylic acids is 2. The van der Waals surface area contributed by atoms with Crippen LogP contribution in [0.15, 0.2) is 60.7 Å². The lowest BCUT2D eigenvalue weighted by atomic mass is 10.2. The van der Waals surface area contributed by atoms with Crippen molar-refractivity contribution in [1.29, 1.82) is 0 Å². The van der Waals surface area contributed by atoms with Crippen molar-refractivity contribution >= 4 is 11.8 Å². The normalized spacial score (nSPS) is 11.5. The van der Waals surface area contributed by atoms with E-state index in [0.717, 1.165) is 22.7 Å². The van der Waals surface area contributed by atoms with Crippen molar-refractivity contribution in [3.63, 3.8) is 0 Å². The molecule has 1 aromatic heterocycles. The minimum absolute atomic E-state index is 0.223. The molecule has 0 aliphatic carbocycles. The molecule has 1 atom stereocenters. The molecule has 162 valence electrons. The number of aromatic nitrogens is 1. The van der Waals surface area contributed by atoms with Crippen LogP contribution in [-0.4, -0.2) is 29.7 Å². The van der Waals surface area contributed by atoms with Crippen molar-refractivity contribution in [2.24, 2.45) is 0 Å². The second-order valence-electron chi connectivity index (χ2n) is 7.24. The molecule has 0 spiro atoms. The molecule has 2 N–H and O–H groups in total. The summed E-state index contributed by atoms with van der Waals surface area (Å²) in [5.41, 5.74) is 6.21. The van der Waals surface area contributed by atoms with Gasteiger partial charge < -0.3 is 14.8 Å². The first-order valence-electron chi connectivity index (χ1n) is 10.0. The first-order chi connectivity index (χ1) is 14.9. The van der Waals surface area contributed by atoms with Gasteiger partial charge in [-0.15, -0.1) is 0 Å². The Balaban J connectivity index is 1.52. The van der Waals surface area contributed by atoms with E-state index in [4.69, 9.17) is 9.47 Å². The van der Waals surface area contributed by atoms with Gasteiger partial charge in [-0.1, -0.05) is 12.1 Å². The standard InChI is InChI=1S/C24H27N3O4/c1-16-5-6-17(2)27(16)26-24(29)20-9-13-22(14-10-20)31-18(3)23(28)25-15-19-7-11-21(30-4)12-8-19/h5-14,18H,15H2,1-4H3,(H,25,28)(H,26,29)/t18-/m0/s1. The Kier molecular flexibility index (Phi) is 6.97. The van der Waals surface area contributed by atoms with Crippen LogP contribution in [0.2, 0.25) is 0 Å². The van der Waals surface area contributed by atoms with Crippen LogP contribution < -0.4 is 20.2 Å². The summed E-state index contributed by atoms with van der Waals surface area (Å²) in [6, 6.07) is 18.0. The van der Waals surface area contributed by atoms with Crippen LogP contribution in [-0.2, 0) is 11.3 Å². The van der Waals surface area contributed by atoms with Crippen LogP contribution in [0.25, 0.3) is 0 Å². The van der Waals surface area contributed by atoms with E-state index in [0.29, 0.717) is 17.9 Å². The average molecular weight is 421 g/mol. The SMILES string of the molecule is COc1ccc(CNC(=O)[C@H](C)Oc2ccc(C(=O)Nn3c(C)ccc3C)cc2)cc1. The summed E-state index contributed by atoms with van der Waals surface area (Å²) in [6.45, 7) is 5.92. The fourth-order valence-corrected chi connectivity index (χ4v) is 3.03. The molecule has 0 saturated heterocycles. The van der Waals surface area contributed by atoms with Gasteiger partial charge in [0.2, 0.25) is 0 Å². The number of nitrogens with one attached hydrogen (secondary N) is 2. The zero-order valence-electron chi connectivity index (χ0n) is 18.1. The summed E-state index contributed by atoms with van der Waals surface area (Å²) in [5, 5.41) is 2.85. The van der Waals surface area contributed by atoms with Gasteiger partial charge in [0.25, 0.3) is 11.8 Å². The van der Waals surface area contributed by atoms with Gasteiger partial charge in [0.05, 0.1) is 7.11 Å². The lowest BCUT2D eigenvalue weighted by Gasteiger charge is -2.15. The van der Waals surface area contributed by atoms with Gasteiger partial charge in [-0.05, 0) is 74.9 Å². The summed E-state index contributed by atoms with van der Waals surface area (Å²) < 4.78 is 12.6. The summed E-state index contributed by atoms with van der Waals surface area (Å²) in [7, 11) is 1.61. The van der Waals surface area contributed by atoms with Crippen molar-refractivity contribution in [3.05, 3.63) is 83.2 Å². The predicted octanol–water partition coefficient (Wildman–Crippen LogP) is 3.58. The molecule has 3 aromatic rings. The van der Waals surface area contributed by atoms with E-state index in [9.17, 15) is 9.59 Å². The third kappa shape index (κ3) is 5.66. The van der Waals surface area contributed by atoms with Gasteiger partial charge in [-0.25, -0.2) is 0 Å². The maximum atomic E-state index is 12.5. The second kappa shape index (κ2) is 9.84. The first-order valence-corrected chi connectivity index (χ1v) is 10.0. The zero-order valence-corrected chi connectivity index (χ0v) is 18.1. The molecule has 0 aliphatic rings. The fourth-order valence-electron chi connectivity index (χ4n) is 3.03. The lowest BCUT2D eigenvalue weighted by molar-refractivity contribution is -0.127. The number of methoxy groups -OCH3 is 1. The molecule has 0 aliphatic heterocycles. The van der Waals surface area contributed by atoms with E-state index in [2.05, 4.69) is 10.7 Å². The van der Waals surface area contributed by atoms with Crippen LogP contribution in [0.4, 0.5) is 0 Å². The first kappa shape index (κ1) is 22.0. The number of benzene rings is 2. The number of hydrogen-bond acceptors (Lipinski definition) is 4. The van der Waals surface area contributed by atoms with Gasteiger partial charge >= 0.3 is 0 Å². The molecule has 0 unspecified atom stereocenters. The molecule has 1 heterocycles. The van der Waals surface area contributed by atoms with Gasteiger partial charge in [-0.3, -0.25) is 19.7 Å².